The fourth-order valence-corrected chi connectivity index (χ4v) is 5.07. The quantitative estimate of drug-likeness (QED) is 0.879. The minimum absolute atomic E-state index is 0.200. The van der Waals surface area contributed by atoms with Crippen molar-refractivity contribution in [1.29, 1.82) is 0 Å². The molecule has 2 aromatic carbocycles. The van der Waals surface area contributed by atoms with Gasteiger partial charge < -0.3 is 5.32 Å². The average molecular weight is 379 g/mol. The van der Waals surface area contributed by atoms with E-state index in [2.05, 4.69) is 5.32 Å². The summed E-state index contributed by atoms with van der Waals surface area (Å²) in [4.78, 5) is 11.3. The number of amides is 1. The smallest absolute Gasteiger partial charge is 0.243 e. The van der Waals surface area contributed by atoms with Gasteiger partial charge in [-0.2, -0.15) is 4.31 Å². The lowest BCUT2D eigenvalue weighted by molar-refractivity contribution is -0.114. The zero-order valence-corrected chi connectivity index (χ0v) is 15.3. The Hall–Kier alpha value is -1.89. The first-order chi connectivity index (χ1) is 11.9. The average Bonchev–Trinajstić information content (AvgIpc) is 3.05. The molecule has 3 rings (SSSR count). The fourth-order valence-electron chi connectivity index (χ4n) is 3.13. The van der Waals surface area contributed by atoms with E-state index >= 15 is 0 Å². The standard InChI is InChI=1S/C18H19ClN2O3S/c1-13(22)20-14-8-10-15(11-9-14)25(23,24)21-12-4-7-18(21)16-5-2-3-6-17(16)19/h2-3,5-6,8-11,18H,4,7,12H2,1H3,(H,20,22). The maximum atomic E-state index is 13.1. The summed E-state index contributed by atoms with van der Waals surface area (Å²) in [5, 5.41) is 3.21. The Bertz CT molecular complexity index is 881. The van der Waals surface area contributed by atoms with Crippen molar-refractivity contribution in [2.24, 2.45) is 0 Å². The summed E-state index contributed by atoms with van der Waals surface area (Å²) in [5.74, 6) is -0.200. The Morgan fingerprint density at radius 1 is 1.16 bits per heavy atom. The molecule has 1 unspecified atom stereocenters. The van der Waals surface area contributed by atoms with Gasteiger partial charge in [-0.05, 0) is 48.7 Å². The molecule has 0 radical (unpaired) electrons. The molecule has 1 N–H and O–H groups in total. The van der Waals surface area contributed by atoms with Gasteiger partial charge in [0.1, 0.15) is 0 Å². The Morgan fingerprint density at radius 3 is 2.48 bits per heavy atom. The van der Waals surface area contributed by atoms with Crippen molar-refractivity contribution in [3.8, 4) is 0 Å². The van der Waals surface area contributed by atoms with Crippen LogP contribution in [0, 0.1) is 0 Å². The van der Waals surface area contributed by atoms with Crippen LogP contribution in [0.1, 0.15) is 31.4 Å². The van der Waals surface area contributed by atoms with E-state index in [4.69, 9.17) is 11.6 Å². The number of halogens is 1. The maximum Gasteiger partial charge on any atom is 0.243 e. The van der Waals surface area contributed by atoms with Gasteiger partial charge in [-0.1, -0.05) is 29.8 Å². The van der Waals surface area contributed by atoms with Gasteiger partial charge in [-0.25, -0.2) is 8.42 Å². The van der Waals surface area contributed by atoms with Gasteiger partial charge >= 0.3 is 0 Å². The summed E-state index contributed by atoms with van der Waals surface area (Å²) in [5.41, 5.74) is 1.40. The molecule has 132 valence electrons. The van der Waals surface area contributed by atoms with Crippen LogP contribution in [-0.2, 0) is 14.8 Å². The van der Waals surface area contributed by atoms with E-state index in [1.165, 1.54) is 23.4 Å². The second-order valence-corrected chi connectivity index (χ2v) is 8.30. The molecule has 5 nitrogen and oxygen atoms in total. The van der Waals surface area contributed by atoms with E-state index in [9.17, 15) is 13.2 Å². The summed E-state index contributed by atoms with van der Waals surface area (Å²) in [7, 11) is -3.64. The topological polar surface area (TPSA) is 66.5 Å². The molecule has 0 aliphatic carbocycles. The minimum Gasteiger partial charge on any atom is -0.326 e. The van der Waals surface area contributed by atoms with Gasteiger partial charge in [0, 0.05) is 24.2 Å². The number of carbonyl (C=O) groups is 1. The van der Waals surface area contributed by atoms with Crippen LogP contribution in [0.4, 0.5) is 5.69 Å². The van der Waals surface area contributed by atoms with Crippen LogP contribution in [0.25, 0.3) is 0 Å². The lowest BCUT2D eigenvalue weighted by Crippen LogP contribution is -2.30. The van der Waals surface area contributed by atoms with Crippen LogP contribution in [-0.4, -0.2) is 25.2 Å². The summed E-state index contributed by atoms with van der Waals surface area (Å²) in [6.45, 7) is 1.87. The Balaban J connectivity index is 1.91. The van der Waals surface area contributed by atoms with Crippen LogP contribution < -0.4 is 5.32 Å². The predicted molar refractivity (Wildman–Crippen MR) is 98.1 cm³/mol. The molecule has 2 aromatic rings. The molecule has 25 heavy (non-hydrogen) atoms. The van der Waals surface area contributed by atoms with E-state index in [0.29, 0.717) is 17.3 Å². The second-order valence-electron chi connectivity index (χ2n) is 6.00. The van der Waals surface area contributed by atoms with Gasteiger partial charge in [-0.3, -0.25) is 4.79 Å². The predicted octanol–water partition coefficient (Wildman–Crippen LogP) is 3.82. The molecule has 1 amide bonds. The second kappa shape index (κ2) is 7.15. The van der Waals surface area contributed by atoms with Gasteiger partial charge in [0.15, 0.2) is 0 Å². The van der Waals surface area contributed by atoms with E-state index in [1.807, 2.05) is 18.2 Å². The number of carbonyl (C=O) groups excluding carboxylic acids is 1. The molecule has 1 heterocycles. The molecular formula is C18H19ClN2O3S. The molecule has 1 fully saturated rings. The third-order valence-corrected chi connectivity index (χ3v) is 6.52. The minimum atomic E-state index is -3.64. The number of hydrogen-bond donors (Lipinski definition) is 1. The van der Waals surface area contributed by atoms with Gasteiger partial charge in [0.25, 0.3) is 0 Å². The van der Waals surface area contributed by atoms with Crippen molar-refractivity contribution < 1.29 is 13.2 Å². The highest BCUT2D eigenvalue weighted by atomic mass is 35.5. The van der Waals surface area contributed by atoms with Crippen LogP contribution in [0.15, 0.2) is 53.4 Å². The van der Waals surface area contributed by atoms with Crippen molar-refractivity contribution >= 4 is 33.2 Å². The van der Waals surface area contributed by atoms with E-state index in [1.54, 1.807) is 18.2 Å². The van der Waals surface area contributed by atoms with Gasteiger partial charge in [-0.15, -0.1) is 0 Å². The summed E-state index contributed by atoms with van der Waals surface area (Å²) in [6.07, 6.45) is 1.53. The SMILES string of the molecule is CC(=O)Nc1ccc(S(=O)(=O)N2CCCC2c2ccccc2Cl)cc1. The molecular weight excluding hydrogens is 360 g/mol. The van der Waals surface area contributed by atoms with Crippen molar-refractivity contribution in [3.63, 3.8) is 0 Å². The molecule has 7 heteroatoms. The van der Waals surface area contributed by atoms with Crippen molar-refractivity contribution in [1.82, 2.24) is 4.31 Å². The van der Waals surface area contributed by atoms with E-state index in [0.717, 1.165) is 18.4 Å². The molecule has 0 saturated carbocycles. The molecule has 1 aliphatic heterocycles. The van der Waals surface area contributed by atoms with Gasteiger partial charge in [0.2, 0.25) is 15.9 Å². The first-order valence-electron chi connectivity index (χ1n) is 8.03. The number of nitrogens with zero attached hydrogens (tertiary/aromatic N) is 1. The summed E-state index contributed by atoms with van der Waals surface area (Å²) >= 11 is 6.27. The number of nitrogens with one attached hydrogen (secondary N) is 1. The van der Waals surface area contributed by atoms with Crippen LogP contribution >= 0.6 is 11.6 Å². The third kappa shape index (κ3) is 3.71. The first-order valence-corrected chi connectivity index (χ1v) is 9.85. The zero-order chi connectivity index (χ0) is 18.0. The lowest BCUT2D eigenvalue weighted by Gasteiger charge is -2.25. The highest BCUT2D eigenvalue weighted by Gasteiger charge is 2.36. The lowest BCUT2D eigenvalue weighted by atomic mass is 10.1. The highest BCUT2D eigenvalue weighted by Crippen LogP contribution is 2.39. The molecule has 0 aromatic heterocycles. The number of anilines is 1. The molecule has 0 bridgehead atoms. The number of rotatable bonds is 4. The van der Waals surface area contributed by atoms with E-state index < -0.39 is 10.0 Å². The van der Waals surface area contributed by atoms with E-state index in [-0.39, 0.29) is 16.8 Å². The normalized spacial score (nSPS) is 18.2. The molecule has 1 saturated heterocycles. The largest absolute Gasteiger partial charge is 0.326 e. The molecule has 1 atom stereocenters. The zero-order valence-electron chi connectivity index (χ0n) is 13.8. The summed E-state index contributed by atoms with van der Waals surface area (Å²) in [6, 6.07) is 13.3. The Labute approximate surface area is 152 Å². The van der Waals surface area contributed by atoms with Crippen LogP contribution in [0.3, 0.4) is 0 Å². The highest BCUT2D eigenvalue weighted by molar-refractivity contribution is 7.89. The van der Waals surface area contributed by atoms with Crippen LogP contribution in [0.2, 0.25) is 5.02 Å². The maximum absolute atomic E-state index is 13.1. The number of sulfonamides is 1. The summed E-state index contributed by atoms with van der Waals surface area (Å²) < 4.78 is 27.6. The Morgan fingerprint density at radius 2 is 1.84 bits per heavy atom. The number of benzene rings is 2. The monoisotopic (exact) mass is 378 g/mol. The van der Waals surface area contributed by atoms with Gasteiger partial charge in [0.05, 0.1) is 10.9 Å². The third-order valence-electron chi connectivity index (χ3n) is 4.25. The van der Waals surface area contributed by atoms with Crippen molar-refractivity contribution in [2.45, 2.75) is 30.7 Å². The van der Waals surface area contributed by atoms with Crippen molar-refractivity contribution in [2.75, 3.05) is 11.9 Å². The molecule has 1 aliphatic rings. The first kappa shape index (κ1) is 17.9. The number of hydrogen-bond acceptors (Lipinski definition) is 3. The molecule has 0 spiro atoms. The Kier molecular flexibility index (Phi) is 5.13. The fraction of sp³-hybridized carbons (Fsp3) is 0.278. The van der Waals surface area contributed by atoms with Crippen molar-refractivity contribution in [3.05, 3.63) is 59.1 Å². The van der Waals surface area contributed by atoms with Crippen LogP contribution in [0.5, 0.6) is 0 Å².